The lowest BCUT2D eigenvalue weighted by Gasteiger charge is -2.36. The lowest BCUT2D eigenvalue weighted by Crippen LogP contribution is -2.51. The van der Waals surface area contributed by atoms with E-state index in [1.54, 1.807) is 0 Å². The maximum Gasteiger partial charge on any atom is 0.321 e. The summed E-state index contributed by atoms with van der Waals surface area (Å²) in [5.41, 5.74) is 2.07. The molecule has 2 atom stereocenters. The minimum absolute atomic E-state index is 0.0188. The number of rotatable bonds is 4. The first-order chi connectivity index (χ1) is 12.0. The third-order valence-corrected chi connectivity index (χ3v) is 5.77. The molecule has 5 nitrogen and oxygen atoms in total. The van der Waals surface area contributed by atoms with Crippen molar-refractivity contribution in [3.63, 3.8) is 0 Å². The van der Waals surface area contributed by atoms with E-state index in [4.69, 9.17) is 0 Å². The van der Waals surface area contributed by atoms with Crippen molar-refractivity contribution in [3.8, 4) is 0 Å². The minimum atomic E-state index is 0.0188. The second kappa shape index (κ2) is 8.19. The Morgan fingerprint density at radius 1 is 1.00 bits per heavy atom. The molecular formula is C20H32N4O. The molecule has 2 unspecified atom stereocenters. The van der Waals surface area contributed by atoms with Crippen LogP contribution in [-0.2, 0) is 0 Å². The smallest absolute Gasteiger partial charge is 0.321 e. The molecule has 2 aliphatic heterocycles. The molecule has 2 heterocycles. The summed E-state index contributed by atoms with van der Waals surface area (Å²) in [5, 5.41) is 3.00. The number of amides is 2. The average molecular weight is 345 g/mol. The van der Waals surface area contributed by atoms with Gasteiger partial charge < -0.3 is 10.2 Å². The van der Waals surface area contributed by atoms with E-state index in [9.17, 15) is 4.79 Å². The summed E-state index contributed by atoms with van der Waals surface area (Å²) in [6.07, 6.45) is 2.66. The number of piperazine rings is 1. The Balaban J connectivity index is 1.40. The fraction of sp³-hybridized carbons (Fsp3) is 0.650. The Morgan fingerprint density at radius 2 is 1.60 bits per heavy atom. The molecule has 5 heteroatoms. The van der Waals surface area contributed by atoms with Crippen LogP contribution in [0.2, 0.25) is 0 Å². The second-order valence-electron chi connectivity index (χ2n) is 7.64. The van der Waals surface area contributed by atoms with E-state index >= 15 is 0 Å². The van der Waals surface area contributed by atoms with Gasteiger partial charge in [0.15, 0.2) is 0 Å². The first-order valence-corrected chi connectivity index (χ1v) is 9.63. The van der Waals surface area contributed by atoms with Gasteiger partial charge in [0.25, 0.3) is 0 Å². The zero-order chi connectivity index (χ0) is 17.8. The number of carbonyl (C=O) groups excluding carboxylic acids is 1. The van der Waals surface area contributed by atoms with Crippen molar-refractivity contribution in [2.24, 2.45) is 0 Å². The van der Waals surface area contributed by atoms with Crippen molar-refractivity contribution in [1.29, 1.82) is 0 Å². The van der Waals surface area contributed by atoms with Crippen LogP contribution < -0.4 is 5.32 Å². The molecule has 2 fully saturated rings. The van der Waals surface area contributed by atoms with E-state index in [0.29, 0.717) is 0 Å². The van der Waals surface area contributed by atoms with Crippen molar-refractivity contribution < 1.29 is 4.79 Å². The molecule has 0 radical (unpaired) electrons. The van der Waals surface area contributed by atoms with Gasteiger partial charge >= 0.3 is 6.03 Å². The van der Waals surface area contributed by atoms with Gasteiger partial charge in [0.2, 0.25) is 0 Å². The van der Waals surface area contributed by atoms with Gasteiger partial charge in [-0.05, 0) is 45.7 Å². The third kappa shape index (κ3) is 4.73. The predicted molar refractivity (Wildman–Crippen MR) is 103 cm³/mol. The molecule has 2 amide bonds. The van der Waals surface area contributed by atoms with Gasteiger partial charge in [-0.2, -0.15) is 0 Å². The van der Waals surface area contributed by atoms with Crippen LogP contribution in [0.25, 0.3) is 0 Å². The van der Waals surface area contributed by atoms with E-state index in [0.717, 1.165) is 57.0 Å². The molecule has 0 spiro atoms. The number of nitrogens with one attached hydrogen (secondary N) is 1. The number of hydrogen-bond acceptors (Lipinski definition) is 3. The molecule has 1 N–H and O–H groups in total. The summed E-state index contributed by atoms with van der Waals surface area (Å²) < 4.78 is 0. The number of anilines is 1. The highest BCUT2D eigenvalue weighted by Crippen LogP contribution is 2.22. The molecule has 1 aromatic carbocycles. The normalized spacial score (nSPS) is 25.3. The number of likely N-dealkylation sites (tertiary alicyclic amines) is 1. The van der Waals surface area contributed by atoms with Crippen molar-refractivity contribution in [2.45, 2.75) is 45.7 Å². The zero-order valence-corrected chi connectivity index (χ0v) is 15.9. The Morgan fingerprint density at radius 3 is 2.20 bits per heavy atom. The lowest BCUT2D eigenvalue weighted by molar-refractivity contribution is 0.123. The van der Waals surface area contributed by atoms with Crippen LogP contribution >= 0.6 is 0 Å². The zero-order valence-electron chi connectivity index (χ0n) is 15.9. The van der Waals surface area contributed by atoms with E-state index < -0.39 is 0 Å². The second-order valence-corrected chi connectivity index (χ2v) is 7.64. The highest BCUT2D eigenvalue weighted by molar-refractivity contribution is 5.89. The number of carbonyl (C=O) groups is 1. The average Bonchev–Trinajstić information content (AvgIpc) is 2.93. The van der Waals surface area contributed by atoms with Crippen molar-refractivity contribution in [2.75, 3.05) is 44.6 Å². The highest BCUT2D eigenvalue weighted by Gasteiger charge is 2.28. The Hall–Kier alpha value is -1.59. The molecule has 3 rings (SSSR count). The largest absolute Gasteiger partial charge is 0.322 e. The van der Waals surface area contributed by atoms with E-state index in [1.807, 2.05) is 29.2 Å². The van der Waals surface area contributed by atoms with Crippen LogP contribution in [0.1, 0.15) is 32.3 Å². The summed E-state index contributed by atoms with van der Waals surface area (Å²) in [5.74, 6) is 0. The molecule has 0 bridgehead atoms. The maximum atomic E-state index is 12.4. The van der Waals surface area contributed by atoms with E-state index in [1.165, 1.54) is 18.4 Å². The monoisotopic (exact) mass is 344 g/mol. The first-order valence-electron chi connectivity index (χ1n) is 9.63. The standard InChI is InChI=1S/C20H32N4O/c1-16-4-8-19(9-5-16)21-20(25)23-13-10-22(11-14-23)12-15-24-17(2)6-7-18(24)3/h4-5,8-9,17-18H,6-7,10-15H2,1-3H3,(H,21,25). The molecular weight excluding hydrogens is 312 g/mol. The number of nitrogens with zero attached hydrogens (tertiary/aromatic N) is 3. The predicted octanol–water partition coefficient (Wildman–Crippen LogP) is 3.02. The number of urea groups is 1. The van der Waals surface area contributed by atoms with Gasteiger partial charge in [-0.15, -0.1) is 0 Å². The molecule has 25 heavy (non-hydrogen) atoms. The first kappa shape index (κ1) is 18.2. The van der Waals surface area contributed by atoms with E-state index in [-0.39, 0.29) is 6.03 Å². The Labute approximate surface area is 152 Å². The fourth-order valence-corrected chi connectivity index (χ4v) is 3.96. The van der Waals surface area contributed by atoms with Crippen LogP contribution in [0.15, 0.2) is 24.3 Å². The number of benzene rings is 1. The molecule has 2 saturated heterocycles. The van der Waals surface area contributed by atoms with Crippen molar-refractivity contribution in [1.82, 2.24) is 14.7 Å². The molecule has 138 valence electrons. The van der Waals surface area contributed by atoms with Gasteiger partial charge in [0, 0.05) is 57.0 Å². The van der Waals surface area contributed by atoms with Crippen LogP contribution in [0, 0.1) is 6.92 Å². The van der Waals surface area contributed by atoms with Gasteiger partial charge in [-0.1, -0.05) is 17.7 Å². The number of aryl methyl sites for hydroxylation is 1. The topological polar surface area (TPSA) is 38.8 Å². The molecule has 0 saturated carbocycles. The summed E-state index contributed by atoms with van der Waals surface area (Å²) in [6.45, 7) is 12.6. The maximum absolute atomic E-state index is 12.4. The summed E-state index contributed by atoms with van der Waals surface area (Å²) in [4.78, 5) is 19.5. The lowest BCUT2D eigenvalue weighted by atomic mass is 10.2. The molecule has 0 aliphatic carbocycles. The minimum Gasteiger partial charge on any atom is -0.322 e. The molecule has 1 aromatic rings. The van der Waals surface area contributed by atoms with Crippen molar-refractivity contribution in [3.05, 3.63) is 29.8 Å². The van der Waals surface area contributed by atoms with Gasteiger partial charge in [-0.3, -0.25) is 9.80 Å². The van der Waals surface area contributed by atoms with Crippen LogP contribution in [0.3, 0.4) is 0 Å². The van der Waals surface area contributed by atoms with Gasteiger partial charge in [0.1, 0.15) is 0 Å². The number of hydrogen-bond donors (Lipinski definition) is 1. The fourth-order valence-electron chi connectivity index (χ4n) is 3.96. The third-order valence-electron chi connectivity index (χ3n) is 5.77. The van der Waals surface area contributed by atoms with Gasteiger partial charge in [0.05, 0.1) is 0 Å². The Kier molecular flexibility index (Phi) is 5.97. The Bertz CT molecular complexity index is 556. The molecule has 0 aromatic heterocycles. The van der Waals surface area contributed by atoms with E-state index in [2.05, 4.69) is 35.9 Å². The van der Waals surface area contributed by atoms with Crippen LogP contribution in [-0.4, -0.2) is 72.1 Å². The van der Waals surface area contributed by atoms with Crippen LogP contribution in [0.4, 0.5) is 10.5 Å². The highest BCUT2D eigenvalue weighted by atomic mass is 16.2. The summed E-state index contributed by atoms with van der Waals surface area (Å²) in [7, 11) is 0. The summed E-state index contributed by atoms with van der Waals surface area (Å²) in [6, 6.07) is 9.42. The van der Waals surface area contributed by atoms with Gasteiger partial charge in [-0.25, -0.2) is 4.79 Å². The summed E-state index contributed by atoms with van der Waals surface area (Å²) >= 11 is 0. The molecule has 2 aliphatic rings. The quantitative estimate of drug-likeness (QED) is 0.912. The van der Waals surface area contributed by atoms with Crippen molar-refractivity contribution >= 4 is 11.7 Å². The van der Waals surface area contributed by atoms with Crippen LogP contribution in [0.5, 0.6) is 0 Å². The SMILES string of the molecule is Cc1ccc(NC(=O)N2CCN(CCN3C(C)CCC3C)CC2)cc1.